The number of allylic oxidation sites excluding steroid dienone is 25. The molecule has 0 amide bonds. The van der Waals surface area contributed by atoms with Crippen LogP contribution in [0.4, 0.5) is 0 Å². The van der Waals surface area contributed by atoms with E-state index in [0.29, 0.717) is 23.7 Å². The van der Waals surface area contributed by atoms with Crippen molar-refractivity contribution in [1.29, 1.82) is 0 Å². The third kappa shape index (κ3) is 5.27. The van der Waals surface area contributed by atoms with Crippen LogP contribution in [-0.4, -0.2) is 0 Å². The highest BCUT2D eigenvalue weighted by atomic mass is 14.4. The normalized spacial score (nSPS) is 28.0. The van der Waals surface area contributed by atoms with Crippen LogP contribution in [-0.2, 0) is 0 Å². The summed E-state index contributed by atoms with van der Waals surface area (Å²) in [6, 6.07) is 11.8. The molecule has 0 saturated heterocycles. The molecule has 50 heavy (non-hydrogen) atoms. The van der Waals surface area contributed by atoms with E-state index in [1.807, 2.05) is 0 Å². The lowest BCUT2D eigenvalue weighted by Crippen LogP contribution is -2.21. The molecule has 0 spiro atoms. The van der Waals surface area contributed by atoms with Crippen LogP contribution >= 0.6 is 0 Å². The standard InChI is InChI=1S/C50H46/c1-3-11-39-29-41(27-21-33(39)9-1)35-17-23-37(24-18-35)47-31-49-46-16-8-6-14-44(46)48(32-50(49)45-15-7-5-13-43(45)47)38-25-19-36(20-26-38)42-28-22-34-10-2-4-12-40(34)30-42/h1-2,5-10,13-17,19,21-23,25,27-28,31-32,39-40,43,45H,3-4,11-12,18,20,24,26,29-30H2. The summed E-state index contributed by atoms with van der Waals surface area (Å²) in [4.78, 5) is 0. The summed E-state index contributed by atoms with van der Waals surface area (Å²) in [5, 5.41) is 2.79. The molecule has 0 radical (unpaired) electrons. The van der Waals surface area contributed by atoms with Crippen LogP contribution in [0.2, 0.25) is 0 Å². The first kappa shape index (κ1) is 30.2. The van der Waals surface area contributed by atoms with Gasteiger partial charge in [-0.15, -0.1) is 0 Å². The molecule has 0 aromatic heterocycles. The fourth-order valence-corrected chi connectivity index (χ4v) is 10.2. The van der Waals surface area contributed by atoms with Crippen molar-refractivity contribution in [3.05, 3.63) is 189 Å². The smallest absolute Gasteiger partial charge is 0.0131 e. The lowest BCUT2D eigenvalue weighted by Gasteiger charge is -2.36. The Morgan fingerprint density at radius 3 is 1.72 bits per heavy atom. The van der Waals surface area contributed by atoms with E-state index in [1.54, 1.807) is 22.3 Å². The molecule has 4 unspecified atom stereocenters. The molecule has 4 atom stereocenters. The van der Waals surface area contributed by atoms with E-state index in [9.17, 15) is 0 Å². The highest BCUT2D eigenvalue weighted by molar-refractivity contribution is 6.01. The molecule has 8 aliphatic rings. The van der Waals surface area contributed by atoms with Crippen molar-refractivity contribution in [1.82, 2.24) is 0 Å². The van der Waals surface area contributed by atoms with Crippen LogP contribution in [0.1, 0.15) is 86.8 Å². The molecular formula is C50H46. The molecule has 0 saturated carbocycles. The Morgan fingerprint density at radius 2 is 1.08 bits per heavy atom. The summed E-state index contributed by atoms with van der Waals surface area (Å²) in [5.74, 6) is 2.16. The Balaban J connectivity index is 1.00. The maximum absolute atomic E-state index is 2.57. The van der Waals surface area contributed by atoms with Gasteiger partial charge < -0.3 is 0 Å². The number of benzene rings is 2. The largest absolute Gasteiger partial charge is 0.0842 e. The van der Waals surface area contributed by atoms with Gasteiger partial charge in [0.25, 0.3) is 0 Å². The third-order valence-corrected chi connectivity index (χ3v) is 12.9. The van der Waals surface area contributed by atoms with Crippen molar-refractivity contribution in [3.8, 4) is 0 Å². The minimum absolute atomic E-state index is 0.363. The lowest BCUT2D eigenvalue weighted by atomic mass is 9.68. The zero-order chi connectivity index (χ0) is 33.0. The van der Waals surface area contributed by atoms with Gasteiger partial charge in [-0.2, -0.15) is 0 Å². The molecule has 0 N–H and O–H groups in total. The van der Waals surface area contributed by atoms with E-state index in [0.717, 1.165) is 25.7 Å². The van der Waals surface area contributed by atoms with Gasteiger partial charge in [0, 0.05) is 11.8 Å². The minimum atomic E-state index is 0.363. The second-order valence-corrected chi connectivity index (χ2v) is 15.6. The van der Waals surface area contributed by atoms with Gasteiger partial charge >= 0.3 is 0 Å². The molecule has 10 rings (SSSR count). The molecule has 0 aliphatic heterocycles. The molecule has 0 heterocycles. The van der Waals surface area contributed by atoms with Gasteiger partial charge in [-0.3, -0.25) is 0 Å². The van der Waals surface area contributed by atoms with Gasteiger partial charge in [0.05, 0.1) is 0 Å². The highest BCUT2D eigenvalue weighted by Gasteiger charge is 2.34. The first-order chi connectivity index (χ1) is 24.8. The van der Waals surface area contributed by atoms with Crippen LogP contribution < -0.4 is 0 Å². The zero-order valence-corrected chi connectivity index (χ0v) is 29.1. The van der Waals surface area contributed by atoms with Crippen molar-refractivity contribution in [2.45, 2.75) is 70.1 Å². The minimum Gasteiger partial charge on any atom is -0.0842 e. The van der Waals surface area contributed by atoms with Crippen LogP contribution in [0, 0.1) is 17.8 Å². The monoisotopic (exact) mass is 646 g/mol. The van der Waals surface area contributed by atoms with Crippen molar-refractivity contribution >= 4 is 22.4 Å². The fraction of sp³-hybridized carbons (Fsp3) is 0.280. The van der Waals surface area contributed by atoms with Gasteiger partial charge in [-0.25, -0.2) is 0 Å². The average Bonchev–Trinajstić information content (AvgIpc) is 3.20. The molecule has 2 aromatic carbocycles. The van der Waals surface area contributed by atoms with Gasteiger partial charge in [-0.1, -0.05) is 121 Å². The molecule has 8 aliphatic carbocycles. The highest BCUT2D eigenvalue weighted by Crippen LogP contribution is 2.50. The summed E-state index contributed by atoms with van der Waals surface area (Å²) in [7, 11) is 0. The Kier molecular flexibility index (Phi) is 7.59. The van der Waals surface area contributed by atoms with E-state index in [2.05, 4.69) is 134 Å². The molecule has 2 aromatic rings. The molecule has 0 fully saturated rings. The van der Waals surface area contributed by atoms with E-state index in [1.165, 1.54) is 93.9 Å². The number of hydrogen-bond acceptors (Lipinski definition) is 0. The third-order valence-electron chi connectivity index (χ3n) is 12.9. The first-order valence-corrected chi connectivity index (χ1v) is 19.3. The van der Waals surface area contributed by atoms with Crippen LogP contribution in [0.15, 0.2) is 172 Å². The summed E-state index contributed by atoms with van der Waals surface area (Å²) in [6.45, 7) is 0. The van der Waals surface area contributed by atoms with Crippen molar-refractivity contribution < 1.29 is 0 Å². The Labute approximate surface area is 298 Å². The summed E-state index contributed by atoms with van der Waals surface area (Å²) < 4.78 is 0. The maximum atomic E-state index is 2.57. The fourth-order valence-electron chi connectivity index (χ4n) is 10.2. The van der Waals surface area contributed by atoms with Gasteiger partial charge in [0.1, 0.15) is 0 Å². The summed E-state index contributed by atoms with van der Waals surface area (Å²) in [6.07, 6.45) is 52.8. The van der Waals surface area contributed by atoms with Gasteiger partial charge in [0.15, 0.2) is 0 Å². The lowest BCUT2D eigenvalue weighted by molar-refractivity contribution is 0.551. The predicted molar refractivity (Wildman–Crippen MR) is 212 cm³/mol. The molecule has 0 bridgehead atoms. The van der Waals surface area contributed by atoms with Gasteiger partial charge in [-0.05, 0) is 166 Å². The molecule has 0 heteroatoms. The van der Waals surface area contributed by atoms with E-state index in [-0.39, 0.29) is 0 Å². The summed E-state index contributed by atoms with van der Waals surface area (Å²) >= 11 is 0. The number of hydrogen-bond donors (Lipinski definition) is 0. The van der Waals surface area contributed by atoms with Gasteiger partial charge in [0.2, 0.25) is 0 Å². The summed E-state index contributed by atoms with van der Waals surface area (Å²) in [5.41, 5.74) is 18.1. The second kappa shape index (κ2) is 12.6. The van der Waals surface area contributed by atoms with Crippen LogP contribution in [0.25, 0.3) is 22.4 Å². The van der Waals surface area contributed by atoms with Crippen molar-refractivity contribution in [3.63, 3.8) is 0 Å². The molecular weight excluding hydrogens is 601 g/mol. The number of fused-ring (bicyclic) bond motifs is 7. The maximum Gasteiger partial charge on any atom is 0.0131 e. The predicted octanol–water partition coefficient (Wildman–Crippen LogP) is 13.3. The van der Waals surface area contributed by atoms with Crippen LogP contribution in [0.3, 0.4) is 0 Å². The topological polar surface area (TPSA) is 0 Å². The molecule has 246 valence electrons. The Hall–Kier alpha value is -4.68. The quantitative estimate of drug-likeness (QED) is 0.310. The second-order valence-electron chi connectivity index (χ2n) is 15.6. The Bertz CT molecular complexity index is 2210. The first-order valence-electron chi connectivity index (χ1n) is 19.3. The van der Waals surface area contributed by atoms with Crippen molar-refractivity contribution in [2.24, 2.45) is 17.8 Å². The Morgan fingerprint density at radius 1 is 0.520 bits per heavy atom. The van der Waals surface area contributed by atoms with E-state index >= 15 is 0 Å². The van der Waals surface area contributed by atoms with E-state index in [4.69, 9.17) is 0 Å². The van der Waals surface area contributed by atoms with Crippen molar-refractivity contribution in [2.75, 3.05) is 0 Å². The van der Waals surface area contributed by atoms with Crippen LogP contribution in [0.5, 0.6) is 0 Å². The SMILES string of the molecule is C1=CC2C(C3=CC=C(C4=CC=C5C=CCCC5C4)CC3)=Cc3c(cc(C4=CC=C(C5=CC=C6C=CCCC6C5)CC4)c4ccccc34)C2C=C1. The average molecular weight is 647 g/mol. The van der Waals surface area contributed by atoms with E-state index < -0.39 is 0 Å². The zero-order valence-electron chi connectivity index (χ0n) is 29.1. The molecule has 0 nitrogen and oxygen atoms in total. The number of rotatable bonds is 4.